The van der Waals surface area contributed by atoms with E-state index in [9.17, 15) is 0 Å². The van der Waals surface area contributed by atoms with Gasteiger partial charge >= 0.3 is 0 Å². The Morgan fingerprint density at radius 1 is 1.38 bits per heavy atom. The van der Waals surface area contributed by atoms with E-state index in [4.69, 9.17) is 0 Å². The van der Waals surface area contributed by atoms with Gasteiger partial charge in [0, 0.05) is 23.6 Å². The molecule has 0 saturated carbocycles. The van der Waals surface area contributed by atoms with Crippen molar-refractivity contribution in [2.75, 3.05) is 11.9 Å². The van der Waals surface area contributed by atoms with Crippen molar-refractivity contribution < 1.29 is 0 Å². The maximum Gasteiger partial charge on any atom is 0.134 e. The van der Waals surface area contributed by atoms with Crippen LogP contribution in [0.4, 0.5) is 5.82 Å². The van der Waals surface area contributed by atoms with Crippen molar-refractivity contribution in [1.29, 1.82) is 0 Å². The summed E-state index contributed by atoms with van der Waals surface area (Å²) in [6, 6.07) is 0. The topological polar surface area (TPSA) is 37.8 Å². The van der Waals surface area contributed by atoms with Crippen LogP contribution in [0.1, 0.15) is 24.0 Å². The van der Waals surface area contributed by atoms with Crippen molar-refractivity contribution in [3.8, 4) is 0 Å². The lowest BCUT2D eigenvalue weighted by molar-refractivity contribution is 0.977. The van der Waals surface area contributed by atoms with Gasteiger partial charge in [0.05, 0.1) is 5.69 Å². The summed E-state index contributed by atoms with van der Waals surface area (Å²) in [6.07, 6.45) is 0. The van der Waals surface area contributed by atoms with E-state index in [2.05, 4.69) is 22.2 Å². The highest BCUT2D eigenvalue weighted by Gasteiger charge is 2.17. The number of nitrogens with one attached hydrogen (secondary N) is 1. The molecule has 1 aliphatic rings. The molecule has 0 aliphatic carbocycles. The highest BCUT2D eigenvalue weighted by molar-refractivity contribution is 7.98. The molecule has 3 nitrogen and oxygen atoms in total. The van der Waals surface area contributed by atoms with Crippen LogP contribution in [-0.2, 0) is 11.5 Å². The minimum atomic E-state index is 0.872. The summed E-state index contributed by atoms with van der Waals surface area (Å²) in [4.78, 5) is 8.82. The van der Waals surface area contributed by atoms with E-state index in [-0.39, 0.29) is 0 Å². The Kier molecular flexibility index (Phi) is 2.40. The standard InChI is InChI=1S/C9H13N3S/c1-3-10-9-7-4-13-5-8(7)11-6(2)12-9/h3-5H2,1-2H3,(H,10,11,12). The maximum absolute atomic E-state index is 4.42. The van der Waals surface area contributed by atoms with Gasteiger partial charge < -0.3 is 5.32 Å². The fraction of sp³-hybridized carbons (Fsp3) is 0.556. The van der Waals surface area contributed by atoms with Crippen LogP contribution >= 0.6 is 11.8 Å². The number of aryl methyl sites for hydroxylation is 1. The smallest absolute Gasteiger partial charge is 0.134 e. The van der Waals surface area contributed by atoms with Crippen LogP contribution in [0.5, 0.6) is 0 Å². The molecule has 70 valence electrons. The molecule has 13 heavy (non-hydrogen) atoms. The largest absolute Gasteiger partial charge is 0.370 e. The minimum absolute atomic E-state index is 0.872. The molecule has 1 aliphatic heterocycles. The number of nitrogens with zero attached hydrogens (tertiary/aromatic N) is 2. The Morgan fingerprint density at radius 3 is 3.00 bits per heavy atom. The van der Waals surface area contributed by atoms with Gasteiger partial charge in [-0.3, -0.25) is 0 Å². The van der Waals surface area contributed by atoms with Gasteiger partial charge in [-0.2, -0.15) is 11.8 Å². The molecule has 0 amide bonds. The summed E-state index contributed by atoms with van der Waals surface area (Å²) in [7, 11) is 0. The monoisotopic (exact) mass is 195 g/mol. The first-order chi connectivity index (χ1) is 6.31. The Morgan fingerprint density at radius 2 is 2.23 bits per heavy atom. The van der Waals surface area contributed by atoms with E-state index >= 15 is 0 Å². The molecule has 2 heterocycles. The van der Waals surface area contributed by atoms with Crippen LogP contribution in [0, 0.1) is 6.92 Å². The van der Waals surface area contributed by atoms with Crippen LogP contribution in [0.2, 0.25) is 0 Å². The number of hydrogen-bond donors (Lipinski definition) is 1. The number of fused-ring (bicyclic) bond motifs is 1. The molecule has 0 bridgehead atoms. The Bertz CT molecular complexity index is 325. The summed E-state index contributed by atoms with van der Waals surface area (Å²) in [6.45, 7) is 4.96. The summed E-state index contributed by atoms with van der Waals surface area (Å²) in [5, 5.41) is 3.28. The first kappa shape index (κ1) is 8.81. The second kappa shape index (κ2) is 3.54. The average Bonchev–Trinajstić information content (AvgIpc) is 2.52. The summed E-state index contributed by atoms with van der Waals surface area (Å²) in [5.74, 6) is 4.00. The zero-order valence-corrected chi connectivity index (χ0v) is 8.74. The zero-order chi connectivity index (χ0) is 9.26. The molecular weight excluding hydrogens is 182 g/mol. The maximum atomic E-state index is 4.42. The summed E-state index contributed by atoms with van der Waals surface area (Å²) < 4.78 is 0. The van der Waals surface area contributed by atoms with E-state index in [0.717, 1.165) is 29.7 Å². The van der Waals surface area contributed by atoms with E-state index in [0.29, 0.717) is 0 Å². The predicted octanol–water partition coefficient (Wildman–Crippen LogP) is 1.96. The third kappa shape index (κ3) is 1.63. The van der Waals surface area contributed by atoms with Gasteiger partial charge in [-0.05, 0) is 13.8 Å². The van der Waals surface area contributed by atoms with Crippen molar-refractivity contribution in [3.63, 3.8) is 0 Å². The molecule has 0 saturated heterocycles. The van der Waals surface area contributed by atoms with Crippen LogP contribution in [-0.4, -0.2) is 16.5 Å². The van der Waals surface area contributed by atoms with E-state index < -0.39 is 0 Å². The van der Waals surface area contributed by atoms with Crippen molar-refractivity contribution >= 4 is 17.6 Å². The van der Waals surface area contributed by atoms with Gasteiger partial charge in [0.15, 0.2) is 0 Å². The Balaban J connectivity index is 2.43. The molecule has 0 radical (unpaired) electrons. The molecule has 2 rings (SSSR count). The lowest BCUT2D eigenvalue weighted by Gasteiger charge is -2.08. The molecule has 0 unspecified atom stereocenters. The van der Waals surface area contributed by atoms with Gasteiger partial charge in [-0.25, -0.2) is 9.97 Å². The number of hydrogen-bond acceptors (Lipinski definition) is 4. The zero-order valence-electron chi connectivity index (χ0n) is 7.92. The summed E-state index contributed by atoms with van der Waals surface area (Å²) in [5.41, 5.74) is 2.52. The molecule has 0 atom stereocenters. The third-order valence-electron chi connectivity index (χ3n) is 2.03. The second-order valence-electron chi connectivity index (χ2n) is 3.07. The number of anilines is 1. The van der Waals surface area contributed by atoms with Crippen molar-refractivity contribution in [3.05, 3.63) is 17.1 Å². The first-order valence-electron chi connectivity index (χ1n) is 4.49. The molecule has 1 aromatic rings. The molecule has 0 aromatic carbocycles. The molecule has 0 fully saturated rings. The molecule has 1 aromatic heterocycles. The lowest BCUT2D eigenvalue weighted by Crippen LogP contribution is -2.06. The predicted molar refractivity (Wildman–Crippen MR) is 55.9 cm³/mol. The summed E-state index contributed by atoms with van der Waals surface area (Å²) >= 11 is 1.91. The van der Waals surface area contributed by atoms with Gasteiger partial charge in [-0.1, -0.05) is 0 Å². The molecule has 0 spiro atoms. The Hall–Kier alpha value is -0.770. The average molecular weight is 195 g/mol. The number of thioether (sulfide) groups is 1. The molecule has 1 N–H and O–H groups in total. The van der Waals surface area contributed by atoms with Gasteiger partial charge in [0.25, 0.3) is 0 Å². The highest BCUT2D eigenvalue weighted by atomic mass is 32.2. The van der Waals surface area contributed by atoms with Gasteiger partial charge in [0.1, 0.15) is 11.6 Å². The minimum Gasteiger partial charge on any atom is -0.370 e. The van der Waals surface area contributed by atoms with E-state index in [1.54, 1.807) is 0 Å². The van der Waals surface area contributed by atoms with Gasteiger partial charge in [0.2, 0.25) is 0 Å². The SMILES string of the molecule is CCNc1nc(C)nc2c1CSC2. The van der Waals surface area contributed by atoms with Crippen molar-refractivity contribution in [2.45, 2.75) is 25.4 Å². The lowest BCUT2D eigenvalue weighted by atomic mass is 10.2. The fourth-order valence-electron chi connectivity index (χ4n) is 1.49. The van der Waals surface area contributed by atoms with Crippen LogP contribution < -0.4 is 5.32 Å². The quantitative estimate of drug-likeness (QED) is 0.783. The highest BCUT2D eigenvalue weighted by Crippen LogP contribution is 2.32. The number of rotatable bonds is 2. The van der Waals surface area contributed by atoms with Gasteiger partial charge in [-0.15, -0.1) is 0 Å². The molecule has 4 heteroatoms. The Labute approximate surface area is 82.4 Å². The van der Waals surface area contributed by atoms with E-state index in [1.165, 1.54) is 11.3 Å². The molecular formula is C9H13N3S. The first-order valence-corrected chi connectivity index (χ1v) is 5.64. The normalized spacial score (nSPS) is 14.3. The van der Waals surface area contributed by atoms with Crippen LogP contribution in [0.25, 0.3) is 0 Å². The third-order valence-corrected chi connectivity index (χ3v) is 3.00. The van der Waals surface area contributed by atoms with Crippen LogP contribution in [0.15, 0.2) is 0 Å². The van der Waals surface area contributed by atoms with Crippen molar-refractivity contribution in [2.24, 2.45) is 0 Å². The fourth-order valence-corrected chi connectivity index (χ4v) is 2.53. The number of aromatic nitrogens is 2. The van der Waals surface area contributed by atoms with E-state index in [1.807, 2.05) is 18.7 Å². The van der Waals surface area contributed by atoms with Crippen LogP contribution in [0.3, 0.4) is 0 Å². The van der Waals surface area contributed by atoms with Crippen molar-refractivity contribution in [1.82, 2.24) is 9.97 Å². The second-order valence-corrected chi connectivity index (χ2v) is 4.05.